The smallest absolute Gasteiger partial charge is 0.230 e. The minimum Gasteiger partial charge on any atom is -0.486 e. The van der Waals surface area contributed by atoms with E-state index in [-0.39, 0.29) is 18.6 Å². The van der Waals surface area contributed by atoms with Crippen molar-refractivity contribution in [1.29, 1.82) is 0 Å². The molecule has 1 saturated carbocycles. The lowest BCUT2D eigenvalue weighted by Crippen LogP contribution is -2.44. The highest BCUT2D eigenvalue weighted by Gasteiger charge is 2.28. The Morgan fingerprint density at radius 3 is 2.89 bits per heavy atom. The average molecular weight is 409 g/mol. The number of hydrogen-bond acceptors (Lipinski definition) is 5. The summed E-state index contributed by atoms with van der Waals surface area (Å²) in [5, 5.41) is 11.4. The van der Waals surface area contributed by atoms with Gasteiger partial charge in [-0.05, 0) is 42.5 Å². The number of carbonyl (C=O) groups is 1. The van der Waals surface area contributed by atoms with Crippen LogP contribution in [0.25, 0.3) is 0 Å². The summed E-state index contributed by atoms with van der Waals surface area (Å²) in [5.41, 5.74) is 0. The third-order valence-corrected chi connectivity index (χ3v) is 6.19. The van der Waals surface area contributed by atoms with Crippen LogP contribution in [0.2, 0.25) is 5.02 Å². The summed E-state index contributed by atoms with van der Waals surface area (Å²) in [6.45, 7) is 4.77. The van der Waals surface area contributed by atoms with E-state index in [1.54, 1.807) is 24.3 Å². The first-order valence-electron chi connectivity index (χ1n) is 9.23. The summed E-state index contributed by atoms with van der Waals surface area (Å²) in [4.78, 5) is 16.6. The fraction of sp³-hybridized carbons (Fsp3) is 0.526. The second-order valence-corrected chi connectivity index (χ2v) is 8.42. The molecule has 146 valence electrons. The highest BCUT2D eigenvalue weighted by Crippen LogP contribution is 2.29. The van der Waals surface area contributed by atoms with Gasteiger partial charge in [0.2, 0.25) is 11.1 Å². The molecular weight excluding hydrogens is 384 g/mol. The summed E-state index contributed by atoms with van der Waals surface area (Å²) in [6.07, 6.45) is 3.50. The first-order chi connectivity index (χ1) is 13.0. The Hall–Kier alpha value is -1.73. The van der Waals surface area contributed by atoms with Gasteiger partial charge in [0.25, 0.3) is 0 Å². The Labute approximate surface area is 168 Å². The molecule has 8 heteroatoms. The number of H-pyrrole nitrogens is 1. The Balaban J connectivity index is 1.42. The van der Waals surface area contributed by atoms with Gasteiger partial charge in [0.1, 0.15) is 12.4 Å². The second-order valence-electron chi connectivity index (χ2n) is 7.04. The first kappa shape index (κ1) is 20.0. The van der Waals surface area contributed by atoms with Crippen molar-refractivity contribution >= 4 is 29.3 Å². The highest BCUT2D eigenvalue weighted by molar-refractivity contribution is 7.99. The molecule has 0 spiro atoms. The van der Waals surface area contributed by atoms with Crippen molar-refractivity contribution < 1.29 is 9.53 Å². The zero-order valence-corrected chi connectivity index (χ0v) is 17.1. The molecule has 1 fully saturated rings. The lowest BCUT2D eigenvalue weighted by Gasteiger charge is -2.34. The largest absolute Gasteiger partial charge is 0.486 e. The maximum Gasteiger partial charge on any atom is 0.230 e. The highest BCUT2D eigenvalue weighted by atomic mass is 35.5. The van der Waals surface area contributed by atoms with Gasteiger partial charge in [-0.25, -0.2) is 4.98 Å². The molecule has 27 heavy (non-hydrogen) atoms. The molecule has 0 aliphatic heterocycles. The van der Waals surface area contributed by atoms with Crippen molar-refractivity contribution in [2.24, 2.45) is 11.8 Å². The molecule has 1 amide bonds. The number of amides is 1. The van der Waals surface area contributed by atoms with Crippen molar-refractivity contribution in [1.82, 2.24) is 20.5 Å². The molecule has 0 saturated heterocycles. The topological polar surface area (TPSA) is 79.9 Å². The lowest BCUT2D eigenvalue weighted by molar-refractivity contribution is -0.120. The van der Waals surface area contributed by atoms with E-state index in [1.807, 2.05) is 0 Å². The van der Waals surface area contributed by atoms with Gasteiger partial charge in [0.15, 0.2) is 5.82 Å². The van der Waals surface area contributed by atoms with Gasteiger partial charge in [-0.2, -0.15) is 0 Å². The molecule has 2 aromatic rings. The minimum absolute atomic E-state index is 0.0368. The van der Waals surface area contributed by atoms with E-state index in [0.717, 1.165) is 6.42 Å². The van der Waals surface area contributed by atoms with Crippen LogP contribution in [0.5, 0.6) is 5.75 Å². The van der Waals surface area contributed by atoms with E-state index >= 15 is 0 Å². The molecule has 6 nitrogen and oxygen atoms in total. The van der Waals surface area contributed by atoms with Crippen LogP contribution in [-0.2, 0) is 11.4 Å². The van der Waals surface area contributed by atoms with Crippen LogP contribution in [0.15, 0.2) is 29.4 Å². The number of aromatic amines is 1. The van der Waals surface area contributed by atoms with Crippen LogP contribution in [0, 0.1) is 11.8 Å². The van der Waals surface area contributed by atoms with Crippen molar-refractivity contribution in [3.63, 3.8) is 0 Å². The third kappa shape index (κ3) is 5.87. The van der Waals surface area contributed by atoms with Gasteiger partial charge in [-0.1, -0.05) is 50.1 Å². The number of nitrogens with one attached hydrogen (secondary N) is 2. The molecule has 1 aliphatic carbocycles. The van der Waals surface area contributed by atoms with Crippen LogP contribution < -0.4 is 10.1 Å². The van der Waals surface area contributed by atoms with Crippen molar-refractivity contribution in [2.75, 3.05) is 5.75 Å². The fourth-order valence-electron chi connectivity index (χ4n) is 3.25. The molecule has 1 heterocycles. The standard InChI is InChI=1S/C19H25ClN4O2S/c1-12-4-3-5-16(13(12)2)21-18(25)11-27-19-22-17(23-24-19)10-26-15-8-6-14(20)7-9-15/h6-9,12-13,16H,3-5,10-11H2,1-2H3,(H,21,25)(H,22,23,24)/t12-,13-,16-/m1/s1. The predicted molar refractivity (Wildman–Crippen MR) is 107 cm³/mol. The van der Waals surface area contributed by atoms with E-state index in [9.17, 15) is 4.79 Å². The Kier molecular flexibility index (Phi) is 7.01. The monoisotopic (exact) mass is 408 g/mol. The fourth-order valence-corrected chi connectivity index (χ4v) is 4.01. The molecule has 0 bridgehead atoms. The maximum absolute atomic E-state index is 12.2. The van der Waals surface area contributed by atoms with Crippen LogP contribution in [0.3, 0.4) is 0 Å². The first-order valence-corrected chi connectivity index (χ1v) is 10.6. The van der Waals surface area contributed by atoms with E-state index in [4.69, 9.17) is 16.3 Å². The van der Waals surface area contributed by atoms with Crippen LogP contribution in [-0.4, -0.2) is 32.9 Å². The Morgan fingerprint density at radius 1 is 1.33 bits per heavy atom. The number of halogens is 1. The average Bonchev–Trinajstić information content (AvgIpc) is 3.11. The zero-order chi connectivity index (χ0) is 19.2. The van der Waals surface area contributed by atoms with Gasteiger partial charge < -0.3 is 10.1 Å². The Bertz CT molecular complexity index is 752. The summed E-state index contributed by atoms with van der Waals surface area (Å²) in [5.74, 6) is 2.85. The van der Waals surface area contributed by atoms with E-state index < -0.39 is 0 Å². The minimum atomic E-state index is 0.0368. The molecule has 1 aromatic carbocycles. The summed E-state index contributed by atoms with van der Waals surface area (Å²) in [6, 6.07) is 7.41. The molecular formula is C19H25ClN4O2S. The van der Waals surface area contributed by atoms with E-state index in [0.29, 0.717) is 39.3 Å². The van der Waals surface area contributed by atoms with Crippen molar-refractivity contribution in [2.45, 2.75) is 50.9 Å². The molecule has 0 unspecified atom stereocenters. The summed E-state index contributed by atoms with van der Waals surface area (Å²) in [7, 11) is 0. The van der Waals surface area contributed by atoms with Gasteiger partial charge in [0.05, 0.1) is 5.75 Å². The number of benzene rings is 1. The molecule has 2 N–H and O–H groups in total. The molecule has 3 rings (SSSR count). The van der Waals surface area contributed by atoms with Gasteiger partial charge in [0, 0.05) is 11.1 Å². The maximum atomic E-state index is 12.2. The zero-order valence-electron chi connectivity index (χ0n) is 15.6. The molecule has 3 atom stereocenters. The predicted octanol–water partition coefficient (Wildman–Crippen LogP) is 4.07. The molecule has 1 aliphatic rings. The number of rotatable bonds is 7. The third-order valence-electron chi connectivity index (χ3n) is 5.09. The summed E-state index contributed by atoms with van der Waals surface area (Å²) < 4.78 is 5.63. The van der Waals surface area contributed by atoms with E-state index in [2.05, 4.69) is 34.3 Å². The van der Waals surface area contributed by atoms with Gasteiger partial charge in [-0.3, -0.25) is 9.89 Å². The molecule has 1 aromatic heterocycles. The number of nitrogens with zero attached hydrogens (tertiary/aromatic N) is 2. The number of thioether (sulfide) groups is 1. The number of aromatic nitrogens is 3. The quantitative estimate of drug-likeness (QED) is 0.675. The number of ether oxygens (including phenoxy) is 1. The number of carbonyl (C=O) groups excluding carboxylic acids is 1. The van der Waals surface area contributed by atoms with Crippen molar-refractivity contribution in [3.05, 3.63) is 35.1 Å². The Morgan fingerprint density at radius 2 is 2.11 bits per heavy atom. The van der Waals surface area contributed by atoms with E-state index in [1.165, 1.54) is 24.6 Å². The second kappa shape index (κ2) is 9.46. The summed E-state index contributed by atoms with van der Waals surface area (Å²) >= 11 is 7.17. The van der Waals surface area contributed by atoms with Crippen LogP contribution >= 0.6 is 23.4 Å². The van der Waals surface area contributed by atoms with Crippen LogP contribution in [0.1, 0.15) is 38.9 Å². The molecule has 0 radical (unpaired) electrons. The lowest BCUT2D eigenvalue weighted by atomic mass is 9.78. The number of hydrogen-bond donors (Lipinski definition) is 2. The van der Waals surface area contributed by atoms with Crippen LogP contribution in [0.4, 0.5) is 0 Å². The van der Waals surface area contributed by atoms with Gasteiger partial charge >= 0.3 is 0 Å². The SMILES string of the molecule is C[C@@H]1[C@H](C)CCC[C@H]1NC(=O)CSc1n[nH]c(COc2ccc(Cl)cc2)n1. The van der Waals surface area contributed by atoms with Gasteiger partial charge in [-0.15, -0.1) is 5.10 Å². The normalized spacial score (nSPS) is 22.4. The van der Waals surface area contributed by atoms with Crippen molar-refractivity contribution in [3.8, 4) is 5.75 Å².